The fourth-order valence-corrected chi connectivity index (χ4v) is 3.41. The van der Waals surface area contributed by atoms with Crippen LogP contribution >= 0.6 is 23.2 Å². The molecule has 0 radical (unpaired) electrons. The van der Waals surface area contributed by atoms with E-state index in [0.717, 1.165) is 5.57 Å². The smallest absolute Gasteiger partial charge is 0.410 e. The number of likely N-dealkylation sites (tertiary alicyclic amines) is 1. The van der Waals surface area contributed by atoms with Crippen molar-refractivity contribution in [2.45, 2.75) is 56.6 Å². The molecule has 1 saturated heterocycles. The van der Waals surface area contributed by atoms with E-state index in [4.69, 9.17) is 27.9 Å². The van der Waals surface area contributed by atoms with Gasteiger partial charge in [0.25, 0.3) is 0 Å². The molecular weight excluding hydrogens is 325 g/mol. The maximum atomic E-state index is 12.1. The summed E-state index contributed by atoms with van der Waals surface area (Å²) < 4.78 is 5.36. The molecule has 1 N–H and O–H groups in total. The van der Waals surface area contributed by atoms with Gasteiger partial charge in [-0.1, -0.05) is 23.8 Å². The number of ether oxygens (including phenoxy) is 1. The molecule has 1 unspecified atom stereocenters. The van der Waals surface area contributed by atoms with Crippen molar-refractivity contribution in [3.05, 3.63) is 22.8 Å². The minimum Gasteiger partial charge on any atom is -0.444 e. The van der Waals surface area contributed by atoms with Gasteiger partial charge in [0.2, 0.25) is 0 Å². The van der Waals surface area contributed by atoms with Crippen LogP contribution in [0.1, 0.15) is 40.0 Å². The van der Waals surface area contributed by atoms with Gasteiger partial charge < -0.3 is 14.7 Å². The maximum absolute atomic E-state index is 12.1. The number of halogens is 2. The van der Waals surface area contributed by atoms with Crippen LogP contribution in [0.3, 0.4) is 0 Å². The van der Waals surface area contributed by atoms with Crippen LogP contribution in [0, 0.1) is 0 Å². The van der Waals surface area contributed by atoms with Gasteiger partial charge >= 0.3 is 6.09 Å². The van der Waals surface area contributed by atoms with Crippen LogP contribution in [0.5, 0.6) is 0 Å². The number of aliphatic hydroxyl groups is 1. The number of hydrogen-bond donors (Lipinski definition) is 1. The molecule has 1 aliphatic carbocycles. The van der Waals surface area contributed by atoms with Crippen LogP contribution < -0.4 is 0 Å². The van der Waals surface area contributed by atoms with E-state index in [9.17, 15) is 9.90 Å². The molecule has 1 amide bonds. The van der Waals surface area contributed by atoms with Gasteiger partial charge in [0.1, 0.15) is 5.60 Å². The highest BCUT2D eigenvalue weighted by Gasteiger charge is 2.39. The number of carbonyl (C=O) groups excluding carboxylic acids is 1. The van der Waals surface area contributed by atoms with Gasteiger partial charge in [0.15, 0.2) is 0 Å². The van der Waals surface area contributed by atoms with E-state index in [2.05, 4.69) is 0 Å². The number of allylic oxidation sites excluding steroid dienone is 2. The summed E-state index contributed by atoms with van der Waals surface area (Å²) in [5.74, 6) is 0. The van der Waals surface area contributed by atoms with Crippen LogP contribution in [-0.2, 0) is 4.74 Å². The summed E-state index contributed by atoms with van der Waals surface area (Å²) in [5.41, 5.74) is -0.781. The third-order valence-electron chi connectivity index (χ3n) is 3.88. The first-order valence-electron chi connectivity index (χ1n) is 7.52. The largest absolute Gasteiger partial charge is 0.444 e. The van der Waals surface area contributed by atoms with Crippen molar-refractivity contribution in [1.82, 2.24) is 4.90 Å². The zero-order valence-corrected chi connectivity index (χ0v) is 14.7. The van der Waals surface area contributed by atoms with Gasteiger partial charge in [-0.25, -0.2) is 4.79 Å². The van der Waals surface area contributed by atoms with E-state index in [0.29, 0.717) is 37.4 Å². The highest BCUT2D eigenvalue weighted by atomic mass is 35.5. The van der Waals surface area contributed by atoms with Crippen molar-refractivity contribution in [3.8, 4) is 0 Å². The van der Waals surface area contributed by atoms with Crippen LogP contribution in [0.2, 0.25) is 0 Å². The van der Waals surface area contributed by atoms with E-state index in [1.54, 1.807) is 4.90 Å². The van der Waals surface area contributed by atoms with Crippen molar-refractivity contribution in [2.75, 3.05) is 13.1 Å². The Balaban J connectivity index is 2.01. The summed E-state index contributed by atoms with van der Waals surface area (Å²) in [4.78, 5) is 13.7. The molecule has 0 saturated carbocycles. The number of hydrogen-bond acceptors (Lipinski definition) is 3. The van der Waals surface area contributed by atoms with Gasteiger partial charge in [-0.15, -0.1) is 11.6 Å². The lowest BCUT2D eigenvalue weighted by Gasteiger charge is -2.40. The first-order valence-corrected chi connectivity index (χ1v) is 8.34. The molecule has 0 aromatic heterocycles. The molecule has 4 nitrogen and oxygen atoms in total. The zero-order valence-electron chi connectivity index (χ0n) is 13.2. The Morgan fingerprint density at radius 2 is 2.00 bits per heavy atom. The standard InChI is InChI=1S/C16H23Cl2NO3/c1-15(2,3)22-14(20)19-8-6-16(21,7-9-19)12-5-4-11(17)10-13(12)18/h4-5,11,21H,6-10H2,1-3H3. The Morgan fingerprint density at radius 1 is 1.41 bits per heavy atom. The van der Waals surface area contributed by atoms with Gasteiger partial charge in [-0.2, -0.15) is 0 Å². The van der Waals surface area contributed by atoms with Crippen LogP contribution in [0.25, 0.3) is 0 Å². The molecular formula is C16H23Cl2NO3. The fraction of sp³-hybridized carbons (Fsp3) is 0.688. The molecule has 0 aromatic carbocycles. The molecule has 1 fully saturated rings. The second-order valence-electron chi connectivity index (χ2n) is 6.90. The molecule has 1 atom stereocenters. The number of rotatable bonds is 1. The monoisotopic (exact) mass is 347 g/mol. The normalized spacial score (nSPS) is 25.4. The first-order chi connectivity index (χ1) is 10.1. The molecule has 0 spiro atoms. The predicted octanol–water partition coefficient (Wildman–Crippen LogP) is 3.81. The molecule has 1 heterocycles. The number of carbonyl (C=O) groups is 1. The molecule has 1 aliphatic heterocycles. The summed E-state index contributed by atoms with van der Waals surface area (Å²) in [6.45, 7) is 6.40. The summed E-state index contributed by atoms with van der Waals surface area (Å²) >= 11 is 12.3. The van der Waals surface area contributed by atoms with Crippen molar-refractivity contribution in [3.63, 3.8) is 0 Å². The molecule has 0 bridgehead atoms. The van der Waals surface area contributed by atoms with E-state index in [1.165, 1.54) is 0 Å². The van der Waals surface area contributed by atoms with Crippen molar-refractivity contribution in [1.29, 1.82) is 0 Å². The summed E-state index contributed by atoms with van der Waals surface area (Å²) in [7, 11) is 0. The van der Waals surface area contributed by atoms with Crippen molar-refractivity contribution < 1.29 is 14.6 Å². The van der Waals surface area contributed by atoms with E-state index in [1.807, 2.05) is 32.9 Å². The quantitative estimate of drug-likeness (QED) is 0.733. The lowest BCUT2D eigenvalue weighted by Crippen LogP contribution is -2.49. The van der Waals surface area contributed by atoms with Crippen LogP contribution in [-0.4, -0.2) is 45.8 Å². The highest BCUT2D eigenvalue weighted by molar-refractivity contribution is 6.31. The van der Waals surface area contributed by atoms with Gasteiger partial charge in [0.05, 0.1) is 11.0 Å². The minimum atomic E-state index is -0.997. The summed E-state index contributed by atoms with van der Waals surface area (Å²) in [5, 5.41) is 11.4. The van der Waals surface area contributed by atoms with Crippen molar-refractivity contribution >= 4 is 29.3 Å². The van der Waals surface area contributed by atoms with E-state index < -0.39 is 11.2 Å². The number of piperidine rings is 1. The number of alkyl halides is 1. The molecule has 124 valence electrons. The Hall–Kier alpha value is -0.710. The van der Waals surface area contributed by atoms with E-state index in [-0.39, 0.29) is 11.5 Å². The number of amides is 1. The number of nitrogens with zero attached hydrogens (tertiary/aromatic N) is 1. The average molecular weight is 348 g/mol. The summed E-state index contributed by atoms with van der Waals surface area (Å²) in [6, 6.07) is 0. The Labute approximate surface area is 141 Å². The molecule has 2 aliphatic rings. The second kappa shape index (κ2) is 6.42. The predicted molar refractivity (Wildman–Crippen MR) is 88.3 cm³/mol. The lowest BCUT2D eigenvalue weighted by molar-refractivity contribution is -0.0121. The molecule has 2 rings (SSSR count). The van der Waals surface area contributed by atoms with Gasteiger partial charge in [-0.3, -0.25) is 0 Å². The zero-order chi connectivity index (χ0) is 16.5. The third-order valence-corrected chi connectivity index (χ3v) is 4.54. The van der Waals surface area contributed by atoms with Crippen LogP contribution in [0.4, 0.5) is 4.79 Å². The molecule has 0 aromatic rings. The van der Waals surface area contributed by atoms with Crippen LogP contribution in [0.15, 0.2) is 22.8 Å². The Bertz CT molecular complexity index is 500. The molecule has 22 heavy (non-hydrogen) atoms. The third kappa shape index (κ3) is 4.18. The topological polar surface area (TPSA) is 49.8 Å². The maximum Gasteiger partial charge on any atom is 0.410 e. The van der Waals surface area contributed by atoms with Gasteiger partial charge in [-0.05, 0) is 39.2 Å². The Kier molecular flexibility index (Phi) is 5.15. The minimum absolute atomic E-state index is 0.123. The van der Waals surface area contributed by atoms with Crippen molar-refractivity contribution in [2.24, 2.45) is 0 Å². The second-order valence-corrected chi connectivity index (χ2v) is 7.91. The molecule has 6 heteroatoms. The highest BCUT2D eigenvalue weighted by Crippen LogP contribution is 2.38. The lowest BCUT2D eigenvalue weighted by atomic mass is 9.81. The fourth-order valence-electron chi connectivity index (χ4n) is 2.70. The van der Waals surface area contributed by atoms with Gasteiger partial charge in [0, 0.05) is 24.5 Å². The summed E-state index contributed by atoms with van der Waals surface area (Å²) in [6.07, 6.45) is 4.74. The SMILES string of the molecule is CC(C)(C)OC(=O)N1CCC(O)(C2=C(Cl)CC(Cl)C=C2)CC1. The first kappa shape index (κ1) is 17.6. The van der Waals surface area contributed by atoms with E-state index >= 15 is 0 Å². The average Bonchev–Trinajstić information content (AvgIpc) is 2.36. The Morgan fingerprint density at radius 3 is 2.50 bits per heavy atom.